The average Bonchev–Trinajstić information content (AvgIpc) is 1.35. The van der Waals surface area contributed by atoms with E-state index < -0.39 is 10.4 Å². The molecule has 0 aromatic carbocycles. The molecule has 0 saturated carbocycles. The van der Waals surface area contributed by atoms with Gasteiger partial charge >= 0.3 is 10.4 Å². The monoisotopic (exact) mass is 224 g/mol. The third kappa shape index (κ3) is 4.60. The molecule has 0 aromatic heterocycles. The average molecular weight is 224 g/mol. The largest absolute Gasteiger partial charge is 0.406 e. The molecule has 0 atom stereocenters. The van der Waals surface area contributed by atoms with Crippen molar-refractivity contribution in [1.29, 1.82) is 0 Å². The molecule has 0 saturated heterocycles. The van der Waals surface area contributed by atoms with E-state index in [1.54, 1.807) is 0 Å². The van der Waals surface area contributed by atoms with E-state index in [9.17, 15) is 8.42 Å². The predicted octanol–water partition coefficient (Wildman–Crippen LogP) is 0.156. The zero-order valence-electron chi connectivity index (χ0n) is 2.46. The standard InChI is InChI=1S/HIO4S/c1-5-6(2,3)4/h(H,2,3,4). The normalized spacial score (nSPS) is 11.7. The van der Waals surface area contributed by atoms with Gasteiger partial charge in [0.2, 0.25) is 0 Å². The van der Waals surface area contributed by atoms with Gasteiger partial charge in [0.05, 0.1) is 0 Å². The van der Waals surface area contributed by atoms with Gasteiger partial charge in [-0.05, 0) is 0 Å². The fourth-order valence-corrected chi connectivity index (χ4v) is 0. The summed E-state index contributed by atoms with van der Waals surface area (Å²) in [5.74, 6) is 0. The van der Waals surface area contributed by atoms with Gasteiger partial charge in [0, 0.05) is 0 Å². The molecule has 6 heavy (non-hydrogen) atoms. The molecule has 0 heterocycles. The van der Waals surface area contributed by atoms with Crippen molar-refractivity contribution in [2.24, 2.45) is 0 Å². The van der Waals surface area contributed by atoms with Crippen molar-refractivity contribution in [2.75, 3.05) is 0 Å². The molecule has 0 rings (SSSR count). The minimum Gasteiger partial charge on any atom is -0.263 e. The first kappa shape index (κ1) is 6.60. The SMILES string of the molecule is O=S(=O)(O)OI. The van der Waals surface area contributed by atoms with Crippen LogP contribution in [0.2, 0.25) is 0 Å². The van der Waals surface area contributed by atoms with Crippen LogP contribution in [-0.4, -0.2) is 13.0 Å². The van der Waals surface area contributed by atoms with Crippen molar-refractivity contribution in [1.82, 2.24) is 0 Å². The van der Waals surface area contributed by atoms with E-state index in [1.165, 1.54) is 0 Å². The molecule has 0 aliphatic heterocycles. The van der Waals surface area contributed by atoms with E-state index in [2.05, 4.69) is 2.51 Å². The summed E-state index contributed by atoms with van der Waals surface area (Å²) in [6.45, 7) is 0. The molecule has 0 fully saturated rings. The topological polar surface area (TPSA) is 63.6 Å². The summed E-state index contributed by atoms with van der Waals surface area (Å²) in [6, 6.07) is 0. The minimum atomic E-state index is -4.18. The van der Waals surface area contributed by atoms with Crippen molar-refractivity contribution in [2.45, 2.75) is 0 Å². The first-order valence-electron chi connectivity index (χ1n) is 0.837. The molecule has 0 amide bonds. The van der Waals surface area contributed by atoms with E-state index in [0.717, 1.165) is 23.0 Å². The van der Waals surface area contributed by atoms with Gasteiger partial charge in [0.25, 0.3) is 0 Å². The van der Waals surface area contributed by atoms with Crippen LogP contribution in [0.5, 0.6) is 0 Å². The van der Waals surface area contributed by atoms with Crippen molar-refractivity contribution in [3.05, 3.63) is 0 Å². The highest BCUT2D eigenvalue weighted by molar-refractivity contribution is 14.1. The summed E-state index contributed by atoms with van der Waals surface area (Å²) in [5, 5.41) is 0. The van der Waals surface area contributed by atoms with E-state index in [4.69, 9.17) is 4.55 Å². The maximum atomic E-state index is 9.33. The summed E-state index contributed by atoms with van der Waals surface area (Å²) in [6.07, 6.45) is 0. The van der Waals surface area contributed by atoms with Crippen molar-refractivity contribution < 1.29 is 15.5 Å². The van der Waals surface area contributed by atoms with Crippen LogP contribution in [0.25, 0.3) is 0 Å². The van der Waals surface area contributed by atoms with Crippen LogP contribution in [0.15, 0.2) is 0 Å². The molecule has 6 heteroatoms. The molecule has 0 aliphatic rings. The Balaban J connectivity index is 3.85. The van der Waals surface area contributed by atoms with Crippen molar-refractivity contribution in [3.8, 4) is 0 Å². The summed E-state index contributed by atoms with van der Waals surface area (Å²) >= 11 is 1.06. The first-order valence-corrected chi connectivity index (χ1v) is 3.08. The zero-order valence-corrected chi connectivity index (χ0v) is 5.43. The van der Waals surface area contributed by atoms with Gasteiger partial charge in [-0.25, -0.2) is 0 Å². The third-order valence-electron chi connectivity index (χ3n) is 0.0796. The second kappa shape index (κ2) is 2.05. The molecule has 0 radical (unpaired) electrons. The van der Waals surface area contributed by atoms with Crippen molar-refractivity contribution >= 4 is 33.4 Å². The fraction of sp³-hybridized carbons (Fsp3) is 0. The van der Waals surface area contributed by atoms with E-state index >= 15 is 0 Å². The highest BCUT2D eigenvalue weighted by atomic mass is 127. The van der Waals surface area contributed by atoms with Crippen LogP contribution >= 0.6 is 23.0 Å². The lowest BCUT2D eigenvalue weighted by Gasteiger charge is -1.79. The van der Waals surface area contributed by atoms with Crippen molar-refractivity contribution in [3.63, 3.8) is 0 Å². The molecule has 1 N–H and O–H groups in total. The third-order valence-corrected chi connectivity index (χ3v) is 1.60. The Labute approximate surface area is 49.1 Å². The summed E-state index contributed by atoms with van der Waals surface area (Å²) in [7, 11) is -4.18. The number of rotatable bonds is 1. The Hall–Kier alpha value is 0.600. The van der Waals surface area contributed by atoms with Gasteiger partial charge in [-0.1, -0.05) is 0 Å². The molecule has 38 valence electrons. The van der Waals surface area contributed by atoms with Gasteiger partial charge in [0.15, 0.2) is 0 Å². The summed E-state index contributed by atoms with van der Waals surface area (Å²) in [5.41, 5.74) is 0. The first-order chi connectivity index (χ1) is 2.56. The van der Waals surface area contributed by atoms with Crippen LogP contribution in [-0.2, 0) is 12.9 Å². The number of hydrogen-bond acceptors (Lipinski definition) is 3. The fourth-order valence-electron chi connectivity index (χ4n) is 0. The highest BCUT2D eigenvalue weighted by Gasteiger charge is 1.96. The lowest BCUT2D eigenvalue weighted by molar-refractivity contribution is 0.422. The van der Waals surface area contributed by atoms with Crippen LogP contribution in [0, 0.1) is 0 Å². The molecular weight excluding hydrogens is 223 g/mol. The molecule has 0 aliphatic carbocycles. The Kier molecular flexibility index (Phi) is 2.26. The Morgan fingerprint density at radius 3 is 1.83 bits per heavy atom. The number of halogens is 1. The Morgan fingerprint density at radius 2 is 1.83 bits per heavy atom. The molecule has 0 spiro atoms. The molecular formula is HIO4S. The lowest BCUT2D eigenvalue weighted by atomic mass is 15.8. The maximum absolute atomic E-state index is 9.33. The summed E-state index contributed by atoms with van der Waals surface area (Å²) < 4.78 is 29.7. The second-order valence-electron chi connectivity index (χ2n) is 0.491. The minimum absolute atomic E-state index is 1.06. The van der Waals surface area contributed by atoms with E-state index in [-0.39, 0.29) is 0 Å². The van der Waals surface area contributed by atoms with Gasteiger partial charge < -0.3 is 0 Å². The Bertz CT molecular complexity index is 110. The van der Waals surface area contributed by atoms with E-state index in [1.807, 2.05) is 0 Å². The predicted molar refractivity (Wildman–Crippen MR) is 26.7 cm³/mol. The highest BCUT2D eigenvalue weighted by Crippen LogP contribution is 1.91. The molecule has 4 nitrogen and oxygen atoms in total. The smallest absolute Gasteiger partial charge is 0.263 e. The molecule has 0 unspecified atom stereocenters. The van der Waals surface area contributed by atoms with Gasteiger partial charge in [-0.3, -0.25) is 4.55 Å². The van der Waals surface area contributed by atoms with Crippen LogP contribution in [0.3, 0.4) is 0 Å². The van der Waals surface area contributed by atoms with Gasteiger partial charge in [0.1, 0.15) is 23.0 Å². The Morgan fingerprint density at radius 1 is 1.67 bits per heavy atom. The quantitative estimate of drug-likeness (QED) is 0.508. The maximum Gasteiger partial charge on any atom is 0.406 e. The van der Waals surface area contributed by atoms with E-state index in [0.29, 0.717) is 0 Å². The zero-order chi connectivity index (χ0) is 5.21. The number of hydrogen-bond donors (Lipinski definition) is 1. The second-order valence-corrected chi connectivity index (χ2v) is 2.55. The van der Waals surface area contributed by atoms with Crippen LogP contribution in [0.4, 0.5) is 0 Å². The molecule has 0 bridgehead atoms. The van der Waals surface area contributed by atoms with Crippen LogP contribution < -0.4 is 0 Å². The van der Waals surface area contributed by atoms with Crippen LogP contribution in [0.1, 0.15) is 0 Å². The van der Waals surface area contributed by atoms with Gasteiger partial charge in [-0.15, -0.1) is 0 Å². The van der Waals surface area contributed by atoms with Gasteiger partial charge in [-0.2, -0.15) is 10.9 Å². The summed E-state index contributed by atoms with van der Waals surface area (Å²) in [4.78, 5) is 0. The lowest BCUT2D eigenvalue weighted by Crippen LogP contribution is -1.92. The molecule has 0 aromatic rings.